The van der Waals surface area contributed by atoms with Gasteiger partial charge in [0, 0.05) is 29.9 Å². The Morgan fingerprint density at radius 2 is 1.89 bits per heavy atom. The maximum atomic E-state index is 12.6. The summed E-state index contributed by atoms with van der Waals surface area (Å²) < 4.78 is 5.59. The lowest BCUT2D eigenvalue weighted by molar-refractivity contribution is -0.119. The van der Waals surface area contributed by atoms with E-state index in [9.17, 15) is 14.4 Å². The van der Waals surface area contributed by atoms with Crippen LogP contribution in [0.15, 0.2) is 57.7 Å². The quantitative estimate of drug-likeness (QED) is 0.762. The second-order valence-corrected chi connectivity index (χ2v) is 7.28. The lowest BCUT2D eigenvalue weighted by Gasteiger charge is -2.18. The molecule has 0 unspecified atom stereocenters. The summed E-state index contributed by atoms with van der Waals surface area (Å²) in [5, 5.41) is 3.21. The van der Waals surface area contributed by atoms with Gasteiger partial charge in [0.15, 0.2) is 11.2 Å². The Morgan fingerprint density at radius 1 is 1.07 bits per heavy atom. The first-order valence-corrected chi connectivity index (χ1v) is 9.39. The number of para-hydroxylation sites is 1. The van der Waals surface area contributed by atoms with Crippen molar-refractivity contribution in [1.82, 2.24) is 0 Å². The molecule has 6 heteroatoms. The van der Waals surface area contributed by atoms with Crippen LogP contribution in [0.25, 0.3) is 11.0 Å². The Morgan fingerprint density at radius 3 is 2.71 bits per heavy atom. The summed E-state index contributed by atoms with van der Waals surface area (Å²) in [5.41, 5.74) is 2.63. The normalized spacial score (nSPS) is 15.5. The van der Waals surface area contributed by atoms with Gasteiger partial charge in [0.2, 0.25) is 5.91 Å². The molecule has 3 aromatic rings. The molecule has 2 heterocycles. The van der Waals surface area contributed by atoms with Crippen molar-refractivity contribution in [2.45, 2.75) is 19.3 Å². The van der Waals surface area contributed by atoms with Crippen molar-refractivity contribution in [3.05, 3.63) is 70.1 Å². The lowest BCUT2D eigenvalue weighted by Crippen LogP contribution is -2.30. The zero-order valence-corrected chi connectivity index (χ0v) is 15.1. The average molecular weight is 374 g/mol. The second-order valence-electron chi connectivity index (χ2n) is 7.28. The minimum atomic E-state index is -0.499. The predicted octanol–water partition coefficient (Wildman–Crippen LogP) is 3.34. The number of benzene rings is 2. The van der Waals surface area contributed by atoms with Gasteiger partial charge in [-0.25, -0.2) is 0 Å². The van der Waals surface area contributed by atoms with Crippen LogP contribution in [0.1, 0.15) is 29.0 Å². The van der Waals surface area contributed by atoms with Crippen molar-refractivity contribution in [2.24, 2.45) is 5.92 Å². The molecule has 0 atom stereocenters. The molecule has 0 radical (unpaired) electrons. The summed E-state index contributed by atoms with van der Waals surface area (Å²) in [6.07, 6.45) is 2.74. The Bertz CT molecular complexity index is 1180. The number of rotatable bonds is 3. The first-order valence-electron chi connectivity index (χ1n) is 9.39. The first kappa shape index (κ1) is 16.7. The van der Waals surface area contributed by atoms with Gasteiger partial charge in [0.1, 0.15) is 5.58 Å². The number of anilines is 2. The van der Waals surface area contributed by atoms with Crippen LogP contribution in [0.5, 0.6) is 0 Å². The number of hydrogen-bond donors (Lipinski definition) is 1. The number of hydrogen-bond acceptors (Lipinski definition) is 4. The van der Waals surface area contributed by atoms with E-state index in [1.165, 1.54) is 6.07 Å². The van der Waals surface area contributed by atoms with Gasteiger partial charge in [0.05, 0.1) is 5.39 Å². The Labute approximate surface area is 160 Å². The minimum Gasteiger partial charge on any atom is -0.451 e. The highest BCUT2D eigenvalue weighted by atomic mass is 16.3. The lowest BCUT2D eigenvalue weighted by atomic mass is 10.1. The molecule has 2 aromatic carbocycles. The van der Waals surface area contributed by atoms with Gasteiger partial charge in [-0.05, 0) is 49.1 Å². The van der Waals surface area contributed by atoms with Crippen molar-refractivity contribution in [1.29, 1.82) is 0 Å². The summed E-state index contributed by atoms with van der Waals surface area (Å²) >= 11 is 0. The van der Waals surface area contributed by atoms with Crippen LogP contribution in [0.4, 0.5) is 11.4 Å². The number of carbonyl (C=O) groups is 2. The van der Waals surface area contributed by atoms with E-state index in [2.05, 4.69) is 5.32 Å². The molecule has 0 spiro atoms. The highest BCUT2D eigenvalue weighted by Gasteiger charge is 2.36. The Kier molecular flexibility index (Phi) is 3.79. The van der Waals surface area contributed by atoms with Gasteiger partial charge < -0.3 is 14.6 Å². The molecule has 1 saturated carbocycles. The maximum Gasteiger partial charge on any atom is 0.291 e. The summed E-state index contributed by atoms with van der Waals surface area (Å²) in [4.78, 5) is 39.1. The van der Waals surface area contributed by atoms with Crippen LogP contribution >= 0.6 is 0 Å². The van der Waals surface area contributed by atoms with Crippen molar-refractivity contribution in [2.75, 3.05) is 16.8 Å². The van der Waals surface area contributed by atoms with Crippen molar-refractivity contribution in [3.8, 4) is 0 Å². The van der Waals surface area contributed by atoms with Crippen LogP contribution in [0, 0.1) is 5.92 Å². The number of fused-ring (bicyclic) bond motifs is 2. The van der Waals surface area contributed by atoms with Gasteiger partial charge in [0.25, 0.3) is 5.91 Å². The largest absolute Gasteiger partial charge is 0.451 e. The number of nitrogens with one attached hydrogen (secondary N) is 1. The van der Waals surface area contributed by atoms with E-state index >= 15 is 0 Å². The van der Waals surface area contributed by atoms with E-state index < -0.39 is 5.91 Å². The zero-order valence-electron chi connectivity index (χ0n) is 15.1. The highest BCUT2D eigenvalue weighted by Crippen LogP contribution is 2.37. The van der Waals surface area contributed by atoms with Crippen LogP contribution < -0.4 is 15.6 Å². The third-order valence-electron chi connectivity index (χ3n) is 5.29. The standard InChI is InChI=1S/C22H18N2O4/c25-18-12-20(28-19-4-2-1-3-16(18)19)21(26)23-15-8-7-13-9-10-24(17(13)11-15)22(27)14-5-6-14/h1-4,7-8,11-12,14H,5-6,9-10H2,(H,23,26). The molecule has 2 amide bonds. The monoisotopic (exact) mass is 374 g/mol. The van der Waals surface area contributed by atoms with Gasteiger partial charge in [-0.15, -0.1) is 0 Å². The average Bonchev–Trinajstić information content (AvgIpc) is 3.47. The molecular weight excluding hydrogens is 356 g/mol. The molecule has 6 nitrogen and oxygen atoms in total. The molecule has 1 fully saturated rings. The maximum absolute atomic E-state index is 12.6. The van der Waals surface area contributed by atoms with E-state index in [0.717, 1.165) is 30.5 Å². The highest BCUT2D eigenvalue weighted by molar-refractivity contribution is 6.04. The molecular formula is C22H18N2O4. The topological polar surface area (TPSA) is 79.6 Å². The van der Waals surface area contributed by atoms with E-state index in [1.807, 2.05) is 17.0 Å². The first-order chi connectivity index (χ1) is 13.6. The molecule has 1 aromatic heterocycles. The molecule has 0 saturated heterocycles. The van der Waals surface area contributed by atoms with Crippen LogP contribution in [-0.4, -0.2) is 18.4 Å². The molecule has 28 heavy (non-hydrogen) atoms. The number of carbonyl (C=O) groups excluding carboxylic acids is 2. The predicted molar refractivity (Wildman–Crippen MR) is 106 cm³/mol. The number of amides is 2. The van der Waals surface area contributed by atoms with E-state index in [4.69, 9.17) is 4.42 Å². The van der Waals surface area contributed by atoms with Crippen LogP contribution in [-0.2, 0) is 11.2 Å². The van der Waals surface area contributed by atoms with E-state index in [1.54, 1.807) is 30.3 Å². The fraction of sp³-hybridized carbons (Fsp3) is 0.227. The molecule has 5 rings (SSSR count). The Hall–Kier alpha value is -3.41. The third-order valence-corrected chi connectivity index (χ3v) is 5.29. The van der Waals surface area contributed by atoms with Crippen LogP contribution in [0.2, 0.25) is 0 Å². The second kappa shape index (κ2) is 6.34. The SMILES string of the molecule is O=C(Nc1ccc2c(c1)N(C(=O)C1CC1)CC2)c1cc(=O)c2ccccc2o1. The van der Waals surface area contributed by atoms with Gasteiger partial charge in [-0.1, -0.05) is 18.2 Å². The summed E-state index contributed by atoms with van der Waals surface area (Å²) in [6, 6.07) is 13.6. The third kappa shape index (κ3) is 2.87. The molecule has 1 aliphatic carbocycles. The van der Waals surface area contributed by atoms with E-state index in [0.29, 0.717) is 23.2 Å². The van der Waals surface area contributed by atoms with E-state index in [-0.39, 0.29) is 23.0 Å². The summed E-state index contributed by atoms with van der Waals surface area (Å²) in [6.45, 7) is 0.682. The molecule has 1 aliphatic heterocycles. The number of nitrogens with zero attached hydrogens (tertiary/aromatic N) is 1. The van der Waals surface area contributed by atoms with Gasteiger partial charge in [-0.3, -0.25) is 14.4 Å². The molecule has 0 bridgehead atoms. The fourth-order valence-corrected chi connectivity index (χ4v) is 3.65. The zero-order chi connectivity index (χ0) is 19.3. The minimum absolute atomic E-state index is 0.0462. The Balaban J connectivity index is 1.42. The fourth-order valence-electron chi connectivity index (χ4n) is 3.65. The summed E-state index contributed by atoms with van der Waals surface area (Å²) in [5.74, 6) is -0.227. The van der Waals surface area contributed by atoms with Crippen molar-refractivity contribution in [3.63, 3.8) is 0 Å². The molecule has 1 N–H and O–H groups in total. The van der Waals surface area contributed by atoms with Crippen molar-refractivity contribution >= 4 is 34.2 Å². The van der Waals surface area contributed by atoms with Gasteiger partial charge >= 0.3 is 0 Å². The molecule has 2 aliphatic rings. The smallest absolute Gasteiger partial charge is 0.291 e. The molecule has 140 valence electrons. The van der Waals surface area contributed by atoms with Crippen LogP contribution in [0.3, 0.4) is 0 Å². The van der Waals surface area contributed by atoms with Crippen molar-refractivity contribution < 1.29 is 14.0 Å². The summed E-state index contributed by atoms with van der Waals surface area (Å²) in [7, 11) is 0. The van der Waals surface area contributed by atoms with Gasteiger partial charge in [-0.2, -0.15) is 0 Å².